The van der Waals surface area contributed by atoms with E-state index in [1.54, 1.807) is 23.1 Å². The summed E-state index contributed by atoms with van der Waals surface area (Å²) in [5.74, 6) is 0.540. The highest BCUT2D eigenvalue weighted by Crippen LogP contribution is 2.39. The molecule has 0 aliphatic rings. The van der Waals surface area contributed by atoms with Crippen LogP contribution in [0.3, 0.4) is 0 Å². The largest absolute Gasteiger partial charge is 0.141 e. The zero-order valence-electron chi connectivity index (χ0n) is 7.51. The summed E-state index contributed by atoms with van der Waals surface area (Å²) in [5, 5.41) is 4.18. The molecule has 0 saturated carbocycles. The van der Waals surface area contributed by atoms with Crippen LogP contribution in [0.25, 0.3) is 10.1 Å². The van der Waals surface area contributed by atoms with Crippen LogP contribution in [0.15, 0.2) is 22.4 Å². The molecule has 0 spiro atoms. The molecule has 1 heterocycles. The van der Waals surface area contributed by atoms with E-state index >= 15 is 0 Å². The summed E-state index contributed by atoms with van der Waals surface area (Å²) in [6.07, 6.45) is 2.07. The number of hydrogen-bond donors (Lipinski definition) is 0. The number of rotatable bonds is 2. The van der Waals surface area contributed by atoms with Gasteiger partial charge in [0.1, 0.15) is 0 Å². The van der Waals surface area contributed by atoms with Crippen molar-refractivity contribution in [2.24, 2.45) is 0 Å². The number of benzene rings is 1. The fourth-order valence-corrected chi connectivity index (χ4v) is 3.84. The molecule has 1 aromatic carbocycles. The summed E-state index contributed by atoms with van der Waals surface area (Å²) in [6, 6.07) is 3.92. The second-order valence-corrected chi connectivity index (χ2v) is 5.25. The van der Waals surface area contributed by atoms with Crippen molar-refractivity contribution < 1.29 is 0 Å². The minimum atomic E-state index is 0.540. The molecule has 14 heavy (non-hydrogen) atoms. The molecule has 0 aliphatic carbocycles. The van der Waals surface area contributed by atoms with Gasteiger partial charge in [0.2, 0.25) is 0 Å². The standard InChI is InChI=1S/C10H8Cl2S2/c1-13-8-5-14-10-7(12)3-2-6(4-11)9(8)10/h2-3,5H,4H2,1H3. The lowest BCUT2D eigenvalue weighted by Crippen LogP contribution is -1.80. The highest BCUT2D eigenvalue weighted by Gasteiger charge is 2.10. The highest BCUT2D eigenvalue weighted by molar-refractivity contribution is 7.99. The van der Waals surface area contributed by atoms with E-state index in [2.05, 4.69) is 11.6 Å². The Morgan fingerprint density at radius 2 is 2.21 bits per heavy atom. The number of hydrogen-bond acceptors (Lipinski definition) is 2. The Labute approximate surface area is 101 Å². The number of fused-ring (bicyclic) bond motifs is 1. The minimum absolute atomic E-state index is 0.540. The Morgan fingerprint density at radius 1 is 1.43 bits per heavy atom. The molecule has 0 atom stereocenters. The first-order chi connectivity index (χ1) is 6.77. The number of thiophene rings is 1. The van der Waals surface area contributed by atoms with Crippen molar-refractivity contribution >= 4 is 56.4 Å². The van der Waals surface area contributed by atoms with E-state index in [0.717, 1.165) is 15.3 Å². The minimum Gasteiger partial charge on any atom is -0.141 e. The van der Waals surface area contributed by atoms with Crippen LogP contribution in [-0.4, -0.2) is 6.26 Å². The molecule has 0 N–H and O–H groups in total. The molecule has 0 bridgehead atoms. The van der Waals surface area contributed by atoms with E-state index in [9.17, 15) is 0 Å². The van der Waals surface area contributed by atoms with Gasteiger partial charge in [0.15, 0.2) is 0 Å². The molecular weight excluding hydrogens is 255 g/mol. The summed E-state index contributed by atoms with van der Waals surface area (Å²) in [6.45, 7) is 0. The first-order valence-electron chi connectivity index (χ1n) is 4.06. The van der Waals surface area contributed by atoms with Gasteiger partial charge in [-0.3, -0.25) is 0 Å². The smallest absolute Gasteiger partial charge is 0.0584 e. The van der Waals surface area contributed by atoms with Gasteiger partial charge in [-0.1, -0.05) is 17.7 Å². The van der Waals surface area contributed by atoms with Gasteiger partial charge < -0.3 is 0 Å². The van der Waals surface area contributed by atoms with Crippen LogP contribution in [0.2, 0.25) is 5.02 Å². The van der Waals surface area contributed by atoms with Crippen LogP contribution < -0.4 is 0 Å². The van der Waals surface area contributed by atoms with Crippen molar-refractivity contribution in [1.29, 1.82) is 0 Å². The average molecular weight is 263 g/mol. The molecule has 2 aromatic rings. The molecule has 74 valence electrons. The summed E-state index contributed by atoms with van der Waals surface area (Å²) in [7, 11) is 0. The molecule has 1 aromatic heterocycles. The van der Waals surface area contributed by atoms with Crippen molar-refractivity contribution in [3.05, 3.63) is 28.1 Å². The number of halogens is 2. The third kappa shape index (κ3) is 1.65. The Kier molecular flexibility index (Phi) is 3.27. The van der Waals surface area contributed by atoms with Crippen molar-refractivity contribution in [2.45, 2.75) is 10.8 Å². The Bertz CT molecular complexity index is 462. The maximum atomic E-state index is 6.11. The molecule has 0 fully saturated rings. The first kappa shape index (κ1) is 10.6. The first-order valence-corrected chi connectivity index (χ1v) is 7.08. The molecule has 0 radical (unpaired) electrons. The topological polar surface area (TPSA) is 0 Å². The average Bonchev–Trinajstić information content (AvgIpc) is 2.63. The van der Waals surface area contributed by atoms with Crippen LogP contribution in [0, 0.1) is 0 Å². The lowest BCUT2D eigenvalue weighted by atomic mass is 10.1. The van der Waals surface area contributed by atoms with E-state index in [1.807, 2.05) is 12.1 Å². The van der Waals surface area contributed by atoms with Gasteiger partial charge >= 0.3 is 0 Å². The van der Waals surface area contributed by atoms with Crippen LogP contribution in [0.4, 0.5) is 0 Å². The van der Waals surface area contributed by atoms with Crippen molar-refractivity contribution in [3.8, 4) is 0 Å². The van der Waals surface area contributed by atoms with E-state index in [4.69, 9.17) is 23.2 Å². The molecular formula is C10H8Cl2S2. The van der Waals surface area contributed by atoms with Crippen LogP contribution in [0.5, 0.6) is 0 Å². The second kappa shape index (κ2) is 4.31. The molecule has 0 nitrogen and oxygen atoms in total. The van der Waals surface area contributed by atoms with Crippen molar-refractivity contribution in [2.75, 3.05) is 6.26 Å². The lowest BCUT2D eigenvalue weighted by Gasteiger charge is -2.02. The molecule has 4 heteroatoms. The summed E-state index contributed by atoms with van der Waals surface area (Å²) >= 11 is 15.4. The maximum absolute atomic E-state index is 6.11. The summed E-state index contributed by atoms with van der Waals surface area (Å²) < 4.78 is 1.15. The van der Waals surface area contributed by atoms with Gasteiger partial charge in [0.25, 0.3) is 0 Å². The molecule has 2 rings (SSSR count). The van der Waals surface area contributed by atoms with E-state index in [0.29, 0.717) is 5.88 Å². The Hall–Kier alpha value is 0.110. The van der Waals surface area contributed by atoms with Crippen LogP contribution >= 0.6 is 46.3 Å². The lowest BCUT2D eigenvalue weighted by molar-refractivity contribution is 1.43. The van der Waals surface area contributed by atoms with Crippen molar-refractivity contribution in [1.82, 2.24) is 0 Å². The molecule has 0 saturated heterocycles. The van der Waals surface area contributed by atoms with Gasteiger partial charge in [-0.25, -0.2) is 0 Å². The third-order valence-electron chi connectivity index (χ3n) is 2.09. The predicted octanol–water partition coefficient (Wildman–Crippen LogP) is 5.02. The second-order valence-electron chi connectivity index (χ2n) is 2.85. The third-order valence-corrected chi connectivity index (χ3v) is 4.73. The van der Waals surface area contributed by atoms with Gasteiger partial charge in [0.05, 0.1) is 9.72 Å². The van der Waals surface area contributed by atoms with Gasteiger partial charge in [-0.15, -0.1) is 34.7 Å². The highest BCUT2D eigenvalue weighted by atomic mass is 35.5. The summed E-state index contributed by atoms with van der Waals surface area (Å²) in [4.78, 5) is 1.27. The quantitative estimate of drug-likeness (QED) is 0.541. The zero-order valence-corrected chi connectivity index (χ0v) is 10.7. The van der Waals surface area contributed by atoms with Crippen LogP contribution in [-0.2, 0) is 5.88 Å². The normalized spacial score (nSPS) is 11.1. The monoisotopic (exact) mass is 262 g/mol. The van der Waals surface area contributed by atoms with Gasteiger partial charge in [0, 0.05) is 21.5 Å². The van der Waals surface area contributed by atoms with Gasteiger partial charge in [-0.2, -0.15) is 0 Å². The maximum Gasteiger partial charge on any atom is 0.0584 e. The van der Waals surface area contributed by atoms with E-state index in [-0.39, 0.29) is 0 Å². The Morgan fingerprint density at radius 3 is 2.86 bits per heavy atom. The van der Waals surface area contributed by atoms with E-state index in [1.165, 1.54) is 10.3 Å². The van der Waals surface area contributed by atoms with Crippen molar-refractivity contribution in [3.63, 3.8) is 0 Å². The number of alkyl halides is 1. The SMILES string of the molecule is CSc1csc2c(Cl)ccc(CCl)c12. The fourth-order valence-electron chi connectivity index (χ4n) is 1.42. The predicted molar refractivity (Wildman–Crippen MR) is 68.2 cm³/mol. The molecule has 0 aliphatic heterocycles. The molecule has 0 amide bonds. The van der Waals surface area contributed by atoms with Gasteiger partial charge in [-0.05, 0) is 17.9 Å². The Balaban J connectivity index is 2.82. The zero-order chi connectivity index (χ0) is 10.1. The van der Waals surface area contributed by atoms with Crippen LogP contribution in [0.1, 0.15) is 5.56 Å². The number of thioether (sulfide) groups is 1. The molecule has 0 unspecified atom stereocenters. The summed E-state index contributed by atoms with van der Waals surface area (Å²) in [5.41, 5.74) is 1.16. The fraction of sp³-hybridized carbons (Fsp3) is 0.200. The van der Waals surface area contributed by atoms with E-state index < -0.39 is 0 Å².